The summed E-state index contributed by atoms with van der Waals surface area (Å²) in [7, 11) is 0. The van der Waals surface area contributed by atoms with Crippen LogP contribution in [0.5, 0.6) is 0 Å². The third-order valence-corrected chi connectivity index (χ3v) is 3.77. The largest absolute Gasteiger partial charge is 0.373 e. The minimum absolute atomic E-state index is 0.0452. The zero-order valence-corrected chi connectivity index (χ0v) is 14.5. The monoisotopic (exact) mass is 303 g/mol. The first-order valence-electron chi connectivity index (χ1n) is 7.78. The van der Waals surface area contributed by atoms with Crippen molar-refractivity contribution in [3.8, 4) is 0 Å². The number of Topliss-reactive ketones (excluding diaryl/α,β-unsaturated/α-hetero) is 1. The minimum atomic E-state index is -0.451. The smallest absolute Gasteiger partial charge is 0.138 e. The van der Waals surface area contributed by atoms with Crippen molar-refractivity contribution in [2.24, 2.45) is 11.8 Å². The Morgan fingerprint density at radius 3 is 2.14 bits per heavy atom. The summed E-state index contributed by atoms with van der Waals surface area (Å²) in [5, 5.41) is 0. The van der Waals surface area contributed by atoms with Gasteiger partial charge in [-0.1, -0.05) is 20.8 Å². The van der Waals surface area contributed by atoms with Crippen LogP contribution in [0.3, 0.4) is 0 Å². The number of carbonyl (C=O) groups excluding carboxylic acids is 1. The molecule has 0 rings (SSSR count). The van der Waals surface area contributed by atoms with E-state index in [1.807, 2.05) is 34.6 Å². The first-order chi connectivity index (χ1) is 9.66. The van der Waals surface area contributed by atoms with Gasteiger partial charge in [0.05, 0.1) is 31.0 Å². The summed E-state index contributed by atoms with van der Waals surface area (Å²) in [6.07, 6.45) is 2.05. The maximum atomic E-state index is 11.8. The third-order valence-electron chi connectivity index (χ3n) is 3.77. The zero-order chi connectivity index (χ0) is 16.5. The standard InChI is InChI=1S/C16H33NO4/c1-7-16(6,8-9-21-17)20-11-10-19-15(4,5)12-14(18)13(2)3/h13H,7-12,17H2,1-6H3. The maximum absolute atomic E-state index is 11.8. The number of nitrogens with two attached hydrogens (primary N) is 1. The molecule has 0 aromatic carbocycles. The lowest BCUT2D eigenvalue weighted by atomic mass is 9.95. The number of ketones is 1. The SMILES string of the molecule is CCC(C)(CCON)OCCOC(C)(C)CC(=O)C(C)C. The first-order valence-corrected chi connectivity index (χ1v) is 7.78. The molecule has 0 aliphatic carbocycles. The van der Waals surface area contributed by atoms with Crippen LogP contribution in [0.25, 0.3) is 0 Å². The highest BCUT2D eigenvalue weighted by atomic mass is 16.6. The quantitative estimate of drug-likeness (QED) is 0.443. The predicted molar refractivity (Wildman–Crippen MR) is 83.9 cm³/mol. The molecule has 5 nitrogen and oxygen atoms in total. The van der Waals surface area contributed by atoms with Gasteiger partial charge in [-0.05, 0) is 27.2 Å². The molecular formula is C16H33NO4. The molecule has 1 unspecified atom stereocenters. The topological polar surface area (TPSA) is 70.8 Å². The molecule has 126 valence electrons. The van der Waals surface area contributed by atoms with Crippen LogP contribution in [0.1, 0.15) is 60.8 Å². The van der Waals surface area contributed by atoms with Crippen LogP contribution in [-0.2, 0) is 19.1 Å². The number of carbonyl (C=O) groups is 1. The molecular weight excluding hydrogens is 270 g/mol. The highest BCUT2D eigenvalue weighted by Crippen LogP contribution is 2.21. The van der Waals surface area contributed by atoms with E-state index in [9.17, 15) is 4.79 Å². The van der Waals surface area contributed by atoms with E-state index in [0.29, 0.717) is 26.2 Å². The molecule has 0 aromatic rings. The van der Waals surface area contributed by atoms with Gasteiger partial charge in [-0.25, -0.2) is 5.90 Å². The molecule has 0 bridgehead atoms. The molecule has 2 N–H and O–H groups in total. The van der Waals surface area contributed by atoms with E-state index >= 15 is 0 Å². The number of hydrogen-bond acceptors (Lipinski definition) is 5. The predicted octanol–water partition coefficient (Wildman–Crippen LogP) is 2.86. The van der Waals surface area contributed by atoms with E-state index < -0.39 is 5.60 Å². The molecule has 21 heavy (non-hydrogen) atoms. The Bertz CT molecular complexity index is 305. The summed E-state index contributed by atoms with van der Waals surface area (Å²) in [4.78, 5) is 16.4. The zero-order valence-electron chi connectivity index (χ0n) is 14.5. The molecule has 0 heterocycles. The van der Waals surface area contributed by atoms with Crippen LogP contribution < -0.4 is 5.90 Å². The maximum Gasteiger partial charge on any atom is 0.138 e. The second kappa shape index (κ2) is 9.51. The Hall–Kier alpha value is -0.490. The van der Waals surface area contributed by atoms with Crippen LogP contribution in [0.4, 0.5) is 0 Å². The highest BCUT2D eigenvalue weighted by molar-refractivity contribution is 5.81. The third kappa shape index (κ3) is 9.19. The van der Waals surface area contributed by atoms with Crippen LogP contribution in [0, 0.1) is 5.92 Å². The summed E-state index contributed by atoms with van der Waals surface area (Å²) in [5.74, 6) is 5.33. The van der Waals surface area contributed by atoms with Gasteiger partial charge in [0.1, 0.15) is 5.78 Å². The van der Waals surface area contributed by atoms with Crippen LogP contribution >= 0.6 is 0 Å². The normalized spacial score (nSPS) is 15.2. The molecule has 0 saturated carbocycles. The summed E-state index contributed by atoms with van der Waals surface area (Å²) in [6, 6.07) is 0. The van der Waals surface area contributed by atoms with Crippen molar-refractivity contribution in [2.45, 2.75) is 72.0 Å². The Labute approximate surface area is 129 Å². The van der Waals surface area contributed by atoms with E-state index in [0.717, 1.165) is 12.8 Å². The lowest BCUT2D eigenvalue weighted by Crippen LogP contribution is -2.34. The summed E-state index contributed by atoms with van der Waals surface area (Å²) >= 11 is 0. The van der Waals surface area contributed by atoms with Crippen molar-refractivity contribution in [1.82, 2.24) is 0 Å². The highest BCUT2D eigenvalue weighted by Gasteiger charge is 2.25. The van der Waals surface area contributed by atoms with E-state index in [4.69, 9.17) is 15.4 Å². The summed E-state index contributed by atoms with van der Waals surface area (Å²) < 4.78 is 11.7. The first kappa shape index (κ1) is 20.5. The average molecular weight is 303 g/mol. The van der Waals surface area contributed by atoms with Gasteiger partial charge in [-0.15, -0.1) is 0 Å². The van der Waals surface area contributed by atoms with Crippen LogP contribution in [0.2, 0.25) is 0 Å². The van der Waals surface area contributed by atoms with Crippen molar-refractivity contribution >= 4 is 5.78 Å². The molecule has 0 radical (unpaired) electrons. The summed E-state index contributed by atoms with van der Waals surface area (Å²) in [6.45, 7) is 13.2. The van der Waals surface area contributed by atoms with Crippen molar-refractivity contribution in [2.75, 3.05) is 19.8 Å². The van der Waals surface area contributed by atoms with E-state index in [-0.39, 0.29) is 17.3 Å². The molecule has 0 aromatic heterocycles. The lowest BCUT2D eigenvalue weighted by Gasteiger charge is -2.30. The Morgan fingerprint density at radius 1 is 1.10 bits per heavy atom. The fourth-order valence-corrected chi connectivity index (χ4v) is 1.91. The lowest BCUT2D eigenvalue weighted by molar-refractivity contribution is -0.132. The van der Waals surface area contributed by atoms with Gasteiger partial charge in [0.15, 0.2) is 0 Å². The second-order valence-corrected chi connectivity index (χ2v) is 6.68. The van der Waals surface area contributed by atoms with Crippen LogP contribution in [-0.4, -0.2) is 36.8 Å². The van der Waals surface area contributed by atoms with Crippen molar-refractivity contribution in [1.29, 1.82) is 0 Å². The Kier molecular flexibility index (Phi) is 9.29. The molecule has 0 saturated heterocycles. The molecule has 5 heteroatoms. The van der Waals surface area contributed by atoms with Crippen molar-refractivity contribution < 1.29 is 19.1 Å². The van der Waals surface area contributed by atoms with Gasteiger partial charge >= 0.3 is 0 Å². The van der Waals surface area contributed by atoms with E-state index in [1.165, 1.54) is 0 Å². The fourth-order valence-electron chi connectivity index (χ4n) is 1.91. The number of ether oxygens (including phenoxy) is 2. The second-order valence-electron chi connectivity index (χ2n) is 6.68. The Morgan fingerprint density at radius 2 is 1.67 bits per heavy atom. The minimum Gasteiger partial charge on any atom is -0.373 e. The van der Waals surface area contributed by atoms with Crippen molar-refractivity contribution in [3.05, 3.63) is 0 Å². The average Bonchev–Trinajstić information content (AvgIpc) is 2.41. The van der Waals surface area contributed by atoms with Gasteiger partial charge < -0.3 is 14.3 Å². The molecule has 0 amide bonds. The van der Waals surface area contributed by atoms with E-state index in [1.54, 1.807) is 0 Å². The molecule has 0 aliphatic rings. The summed E-state index contributed by atoms with van der Waals surface area (Å²) in [5.41, 5.74) is -0.700. The van der Waals surface area contributed by atoms with Gasteiger partial charge in [0.25, 0.3) is 0 Å². The van der Waals surface area contributed by atoms with Gasteiger partial charge in [0.2, 0.25) is 0 Å². The fraction of sp³-hybridized carbons (Fsp3) is 0.938. The number of hydrogen-bond donors (Lipinski definition) is 1. The van der Waals surface area contributed by atoms with Crippen LogP contribution in [0.15, 0.2) is 0 Å². The molecule has 0 aliphatic heterocycles. The van der Waals surface area contributed by atoms with E-state index in [2.05, 4.69) is 11.8 Å². The molecule has 0 fully saturated rings. The molecule has 1 atom stereocenters. The molecule has 0 spiro atoms. The number of rotatable bonds is 12. The van der Waals surface area contributed by atoms with Gasteiger partial charge in [-0.2, -0.15) is 0 Å². The Balaban J connectivity index is 4.09. The van der Waals surface area contributed by atoms with Gasteiger partial charge in [0, 0.05) is 18.8 Å². The van der Waals surface area contributed by atoms with Gasteiger partial charge in [-0.3, -0.25) is 4.79 Å². The van der Waals surface area contributed by atoms with Crippen molar-refractivity contribution in [3.63, 3.8) is 0 Å².